The number of benzene rings is 1. The van der Waals surface area contributed by atoms with Gasteiger partial charge in [0.25, 0.3) is 5.91 Å². The summed E-state index contributed by atoms with van der Waals surface area (Å²) in [7, 11) is 0. The minimum Gasteiger partial charge on any atom is -0.351 e. The van der Waals surface area contributed by atoms with Crippen molar-refractivity contribution in [1.82, 2.24) is 5.32 Å². The van der Waals surface area contributed by atoms with Crippen molar-refractivity contribution in [2.75, 3.05) is 13.1 Å². The number of aryl methyl sites for hydroxylation is 1. The SMILES string of the molecule is CCc1ccc(C(=O)NCCN)cc1. The van der Waals surface area contributed by atoms with Crippen LogP contribution in [0.25, 0.3) is 0 Å². The first-order valence-corrected chi connectivity index (χ1v) is 4.85. The van der Waals surface area contributed by atoms with Gasteiger partial charge in [0.05, 0.1) is 0 Å². The Labute approximate surface area is 84.3 Å². The molecule has 0 atom stereocenters. The first-order valence-electron chi connectivity index (χ1n) is 4.85. The van der Waals surface area contributed by atoms with Gasteiger partial charge in [-0.05, 0) is 24.1 Å². The number of carbonyl (C=O) groups is 1. The van der Waals surface area contributed by atoms with E-state index in [9.17, 15) is 4.79 Å². The second-order valence-corrected chi connectivity index (χ2v) is 3.10. The minimum atomic E-state index is -0.0573. The van der Waals surface area contributed by atoms with Crippen molar-refractivity contribution in [3.05, 3.63) is 35.4 Å². The van der Waals surface area contributed by atoms with Crippen LogP contribution in [-0.2, 0) is 6.42 Å². The zero-order valence-electron chi connectivity index (χ0n) is 8.42. The molecule has 0 radical (unpaired) electrons. The molecular weight excluding hydrogens is 176 g/mol. The summed E-state index contributed by atoms with van der Waals surface area (Å²) in [6.45, 7) is 3.08. The quantitative estimate of drug-likeness (QED) is 0.746. The lowest BCUT2D eigenvalue weighted by molar-refractivity contribution is 0.0955. The summed E-state index contributed by atoms with van der Waals surface area (Å²) in [6.07, 6.45) is 0.991. The van der Waals surface area contributed by atoms with E-state index in [0.717, 1.165) is 6.42 Å². The van der Waals surface area contributed by atoms with Gasteiger partial charge in [-0.1, -0.05) is 19.1 Å². The van der Waals surface area contributed by atoms with Gasteiger partial charge in [0.2, 0.25) is 0 Å². The molecule has 1 aromatic carbocycles. The number of nitrogens with two attached hydrogens (primary N) is 1. The molecule has 0 aliphatic rings. The van der Waals surface area contributed by atoms with Gasteiger partial charge in [0.1, 0.15) is 0 Å². The standard InChI is InChI=1S/C11H16N2O/c1-2-9-3-5-10(6-4-9)11(14)13-8-7-12/h3-6H,2,7-8,12H2,1H3,(H,13,14). The van der Waals surface area contributed by atoms with Crippen molar-refractivity contribution in [2.24, 2.45) is 5.73 Å². The molecule has 1 amide bonds. The second-order valence-electron chi connectivity index (χ2n) is 3.10. The number of nitrogens with one attached hydrogen (secondary N) is 1. The van der Waals surface area contributed by atoms with Crippen LogP contribution in [0.1, 0.15) is 22.8 Å². The maximum absolute atomic E-state index is 11.4. The summed E-state index contributed by atoms with van der Waals surface area (Å²) in [4.78, 5) is 11.4. The molecule has 3 heteroatoms. The molecule has 0 aliphatic carbocycles. The van der Waals surface area contributed by atoms with Gasteiger partial charge in [-0.3, -0.25) is 4.79 Å². The Balaban J connectivity index is 2.62. The smallest absolute Gasteiger partial charge is 0.251 e. The van der Waals surface area contributed by atoms with Crippen LogP contribution in [-0.4, -0.2) is 19.0 Å². The summed E-state index contributed by atoms with van der Waals surface area (Å²) in [6, 6.07) is 7.62. The van der Waals surface area contributed by atoms with Crippen molar-refractivity contribution < 1.29 is 4.79 Å². The fraction of sp³-hybridized carbons (Fsp3) is 0.364. The van der Waals surface area contributed by atoms with E-state index in [1.165, 1.54) is 5.56 Å². The van der Waals surface area contributed by atoms with Crippen molar-refractivity contribution in [1.29, 1.82) is 0 Å². The van der Waals surface area contributed by atoms with Gasteiger partial charge in [-0.25, -0.2) is 0 Å². The van der Waals surface area contributed by atoms with Crippen LogP contribution in [0.2, 0.25) is 0 Å². The van der Waals surface area contributed by atoms with Crippen LogP contribution >= 0.6 is 0 Å². The van der Waals surface area contributed by atoms with E-state index >= 15 is 0 Å². The van der Waals surface area contributed by atoms with Gasteiger partial charge in [0, 0.05) is 18.7 Å². The zero-order chi connectivity index (χ0) is 10.4. The molecule has 0 unspecified atom stereocenters. The first kappa shape index (κ1) is 10.7. The highest BCUT2D eigenvalue weighted by molar-refractivity contribution is 5.94. The lowest BCUT2D eigenvalue weighted by Gasteiger charge is -2.03. The van der Waals surface area contributed by atoms with Crippen LogP contribution in [0, 0.1) is 0 Å². The minimum absolute atomic E-state index is 0.0573. The van der Waals surface area contributed by atoms with Gasteiger partial charge in [0.15, 0.2) is 0 Å². The number of hydrogen-bond acceptors (Lipinski definition) is 2. The summed E-state index contributed by atoms with van der Waals surface area (Å²) in [5.41, 5.74) is 7.21. The Morgan fingerprint density at radius 3 is 2.50 bits per heavy atom. The van der Waals surface area contributed by atoms with Crippen LogP contribution < -0.4 is 11.1 Å². The Morgan fingerprint density at radius 1 is 1.36 bits per heavy atom. The van der Waals surface area contributed by atoms with Gasteiger partial charge < -0.3 is 11.1 Å². The summed E-state index contributed by atoms with van der Waals surface area (Å²) < 4.78 is 0. The van der Waals surface area contributed by atoms with E-state index in [1.807, 2.05) is 24.3 Å². The summed E-state index contributed by atoms with van der Waals surface area (Å²) >= 11 is 0. The molecule has 14 heavy (non-hydrogen) atoms. The Kier molecular flexibility index (Phi) is 4.13. The number of rotatable bonds is 4. The first-order chi connectivity index (χ1) is 6.77. The molecule has 76 valence electrons. The number of amides is 1. The lowest BCUT2D eigenvalue weighted by atomic mass is 10.1. The molecule has 3 N–H and O–H groups in total. The van der Waals surface area contributed by atoms with E-state index < -0.39 is 0 Å². The average Bonchev–Trinajstić information content (AvgIpc) is 2.26. The number of hydrogen-bond donors (Lipinski definition) is 2. The molecule has 0 saturated heterocycles. The third-order valence-electron chi connectivity index (χ3n) is 2.05. The molecule has 1 rings (SSSR count). The molecule has 3 nitrogen and oxygen atoms in total. The van der Waals surface area contributed by atoms with Crippen LogP contribution in [0.4, 0.5) is 0 Å². The Morgan fingerprint density at radius 2 is 2.00 bits per heavy atom. The zero-order valence-corrected chi connectivity index (χ0v) is 8.42. The maximum atomic E-state index is 11.4. The molecule has 0 fully saturated rings. The van der Waals surface area contributed by atoms with Crippen LogP contribution in [0.5, 0.6) is 0 Å². The van der Waals surface area contributed by atoms with Crippen molar-refractivity contribution >= 4 is 5.91 Å². The predicted molar refractivity (Wildman–Crippen MR) is 57.2 cm³/mol. The third kappa shape index (κ3) is 2.85. The van der Waals surface area contributed by atoms with Crippen LogP contribution in [0.3, 0.4) is 0 Å². The van der Waals surface area contributed by atoms with E-state index in [-0.39, 0.29) is 5.91 Å². The monoisotopic (exact) mass is 192 g/mol. The fourth-order valence-electron chi connectivity index (χ4n) is 1.18. The molecule has 0 aliphatic heterocycles. The lowest BCUT2D eigenvalue weighted by Crippen LogP contribution is -2.28. The van der Waals surface area contributed by atoms with Crippen molar-refractivity contribution in [3.63, 3.8) is 0 Å². The van der Waals surface area contributed by atoms with Crippen LogP contribution in [0.15, 0.2) is 24.3 Å². The van der Waals surface area contributed by atoms with E-state index in [1.54, 1.807) is 0 Å². The Bertz CT molecular complexity index is 293. The van der Waals surface area contributed by atoms with Crippen molar-refractivity contribution in [3.8, 4) is 0 Å². The molecule has 1 aromatic rings. The molecular formula is C11H16N2O. The molecule has 0 heterocycles. The van der Waals surface area contributed by atoms with Gasteiger partial charge in [-0.15, -0.1) is 0 Å². The van der Waals surface area contributed by atoms with Gasteiger partial charge >= 0.3 is 0 Å². The van der Waals surface area contributed by atoms with E-state index in [0.29, 0.717) is 18.7 Å². The molecule has 0 saturated carbocycles. The average molecular weight is 192 g/mol. The fourth-order valence-corrected chi connectivity index (χ4v) is 1.18. The molecule has 0 bridgehead atoms. The third-order valence-corrected chi connectivity index (χ3v) is 2.05. The molecule has 0 spiro atoms. The molecule has 0 aromatic heterocycles. The van der Waals surface area contributed by atoms with E-state index in [4.69, 9.17) is 5.73 Å². The number of carbonyl (C=O) groups excluding carboxylic acids is 1. The second kappa shape index (κ2) is 5.40. The summed E-state index contributed by atoms with van der Waals surface area (Å²) in [5.74, 6) is -0.0573. The predicted octanol–water partition coefficient (Wildman–Crippen LogP) is 0.938. The highest BCUT2D eigenvalue weighted by Crippen LogP contribution is 2.04. The highest BCUT2D eigenvalue weighted by Gasteiger charge is 2.02. The summed E-state index contributed by atoms with van der Waals surface area (Å²) in [5, 5.41) is 2.72. The topological polar surface area (TPSA) is 55.1 Å². The highest BCUT2D eigenvalue weighted by atomic mass is 16.1. The van der Waals surface area contributed by atoms with Gasteiger partial charge in [-0.2, -0.15) is 0 Å². The Hall–Kier alpha value is -1.35. The maximum Gasteiger partial charge on any atom is 0.251 e. The largest absolute Gasteiger partial charge is 0.351 e. The van der Waals surface area contributed by atoms with E-state index in [2.05, 4.69) is 12.2 Å². The normalized spacial score (nSPS) is 9.86. The van der Waals surface area contributed by atoms with Crippen molar-refractivity contribution in [2.45, 2.75) is 13.3 Å².